The lowest BCUT2D eigenvalue weighted by Gasteiger charge is -2.36. The first kappa shape index (κ1) is 26.5. The SMILES string of the molecule is CC(O)c1c(C(F)(F)F)ccc2c1PNC(C1=C(O)[C@H](C(C)(C)C)N(CCC(C)(C)C)C1=O)=N2. The molecule has 2 aliphatic rings. The number of halogens is 3. The van der Waals surface area contributed by atoms with Crippen LogP contribution in [-0.2, 0) is 11.0 Å². The van der Waals surface area contributed by atoms with E-state index in [2.05, 4.69) is 30.9 Å². The summed E-state index contributed by atoms with van der Waals surface area (Å²) >= 11 is 0. The van der Waals surface area contributed by atoms with Crippen LogP contribution in [0.5, 0.6) is 0 Å². The van der Waals surface area contributed by atoms with Gasteiger partial charge in [-0.05, 0) is 36.3 Å². The van der Waals surface area contributed by atoms with E-state index in [1.807, 2.05) is 20.8 Å². The summed E-state index contributed by atoms with van der Waals surface area (Å²) in [6.07, 6.45) is -5.24. The second-order valence-corrected chi connectivity index (χ2v) is 12.1. The molecule has 0 aliphatic carbocycles. The highest BCUT2D eigenvalue weighted by molar-refractivity contribution is 7.46. The highest BCUT2D eigenvalue weighted by Crippen LogP contribution is 2.41. The van der Waals surface area contributed by atoms with Crippen molar-refractivity contribution in [3.8, 4) is 0 Å². The number of nitrogens with one attached hydrogen (secondary N) is 1. The van der Waals surface area contributed by atoms with Crippen molar-refractivity contribution in [2.75, 3.05) is 6.54 Å². The van der Waals surface area contributed by atoms with Gasteiger partial charge in [-0.2, -0.15) is 13.2 Å². The minimum Gasteiger partial charge on any atom is -0.509 e. The van der Waals surface area contributed by atoms with E-state index in [0.29, 0.717) is 6.54 Å². The van der Waals surface area contributed by atoms with E-state index in [1.54, 1.807) is 4.90 Å². The number of hydrogen-bond acceptors (Lipinski definition) is 5. The highest BCUT2D eigenvalue weighted by Gasteiger charge is 2.47. The topological polar surface area (TPSA) is 85.2 Å². The van der Waals surface area contributed by atoms with Crippen LogP contribution in [0.15, 0.2) is 28.5 Å². The third-order valence-electron chi connectivity index (χ3n) is 5.95. The summed E-state index contributed by atoms with van der Waals surface area (Å²) in [4.78, 5) is 19.5. The predicted octanol–water partition coefficient (Wildman–Crippen LogP) is 5.12. The van der Waals surface area contributed by atoms with Crippen molar-refractivity contribution in [1.82, 2.24) is 9.99 Å². The summed E-state index contributed by atoms with van der Waals surface area (Å²) in [7, 11) is -0.368. The number of aliphatic hydroxyl groups excluding tert-OH is 2. The number of alkyl halides is 3. The van der Waals surface area contributed by atoms with Gasteiger partial charge in [0.05, 0.1) is 23.4 Å². The van der Waals surface area contributed by atoms with Crippen LogP contribution < -0.4 is 10.4 Å². The van der Waals surface area contributed by atoms with Crippen molar-refractivity contribution in [3.63, 3.8) is 0 Å². The molecule has 10 heteroatoms. The zero-order chi connectivity index (χ0) is 25.8. The number of aliphatic imine (C=N–C) groups is 1. The summed E-state index contributed by atoms with van der Waals surface area (Å²) in [6, 6.07) is 1.59. The van der Waals surface area contributed by atoms with Crippen molar-refractivity contribution >= 4 is 31.5 Å². The van der Waals surface area contributed by atoms with Gasteiger partial charge in [-0.1, -0.05) is 41.5 Å². The van der Waals surface area contributed by atoms with Crippen LogP contribution in [0.2, 0.25) is 0 Å². The van der Waals surface area contributed by atoms with E-state index in [1.165, 1.54) is 13.0 Å². The first-order valence-corrected chi connectivity index (χ1v) is 12.2. The second kappa shape index (κ2) is 8.83. The van der Waals surface area contributed by atoms with Gasteiger partial charge in [0.1, 0.15) is 17.2 Å². The van der Waals surface area contributed by atoms with Gasteiger partial charge in [0, 0.05) is 26.1 Å². The van der Waals surface area contributed by atoms with Crippen LogP contribution in [0.4, 0.5) is 18.9 Å². The van der Waals surface area contributed by atoms with Crippen LogP contribution in [0, 0.1) is 10.8 Å². The van der Waals surface area contributed by atoms with Gasteiger partial charge < -0.3 is 20.2 Å². The molecule has 0 saturated carbocycles. The molecule has 0 radical (unpaired) electrons. The zero-order valence-corrected chi connectivity index (χ0v) is 21.6. The molecule has 3 rings (SSSR count). The number of fused-ring (bicyclic) bond motifs is 1. The largest absolute Gasteiger partial charge is 0.509 e. The standard InChI is InChI=1S/C24H33F3N3O3P/c1-12(31)15-13(24(25,26)27)8-9-14-18(15)34-29-20(28-14)16-17(32)19(23(5,6)7)30(21(16)33)11-10-22(2,3)4/h8-9,12,19,31-32,34H,10-11H2,1-7H3,(H,28,29)/t12?,19-/m1/s1. The predicted molar refractivity (Wildman–Crippen MR) is 129 cm³/mol. The van der Waals surface area contributed by atoms with Gasteiger partial charge in [0.15, 0.2) is 0 Å². The zero-order valence-electron chi connectivity index (χ0n) is 20.6. The first-order chi connectivity index (χ1) is 15.4. The van der Waals surface area contributed by atoms with E-state index in [9.17, 15) is 28.2 Å². The fraction of sp³-hybridized carbons (Fsp3) is 0.583. The first-order valence-electron chi connectivity index (χ1n) is 11.2. The van der Waals surface area contributed by atoms with Gasteiger partial charge >= 0.3 is 6.18 Å². The number of aliphatic hydroxyl groups is 2. The quantitative estimate of drug-likeness (QED) is 0.503. The van der Waals surface area contributed by atoms with Crippen LogP contribution in [-0.4, -0.2) is 39.4 Å². The number of rotatable bonds is 4. The lowest BCUT2D eigenvalue weighted by molar-refractivity contribution is -0.139. The molecule has 0 aromatic heterocycles. The van der Waals surface area contributed by atoms with Crippen molar-refractivity contribution in [3.05, 3.63) is 34.6 Å². The molecule has 188 valence electrons. The Labute approximate surface area is 200 Å². The molecule has 0 spiro atoms. The fourth-order valence-electron chi connectivity index (χ4n) is 4.34. The average molecular weight is 500 g/mol. The molecule has 3 N–H and O–H groups in total. The Bertz CT molecular complexity index is 1050. The number of hydrogen-bond donors (Lipinski definition) is 3. The molecule has 1 aromatic rings. The molecule has 2 aliphatic heterocycles. The van der Waals surface area contributed by atoms with Gasteiger partial charge in [0.2, 0.25) is 0 Å². The number of nitrogens with zero attached hydrogens (tertiary/aromatic N) is 2. The van der Waals surface area contributed by atoms with Crippen LogP contribution in [0.1, 0.15) is 72.1 Å². The molecule has 34 heavy (non-hydrogen) atoms. The van der Waals surface area contributed by atoms with E-state index in [-0.39, 0.29) is 53.8 Å². The van der Waals surface area contributed by atoms with E-state index in [0.717, 1.165) is 12.5 Å². The average Bonchev–Trinajstić information content (AvgIpc) is 2.93. The third kappa shape index (κ3) is 5.10. The normalized spacial score (nSPS) is 21.0. The number of carbonyl (C=O) groups is 1. The summed E-state index contributed by atoms with van der Waals surface area (Å²) in [5, 5.41) is 24.4. The van der Waals surface area contributed by atoms with Gasteiger partial charge in [0.25, 0.3) is 5.91 Å². The van der Waals surface area contributed by atoms with Crippen LogP contribution in [0.25, 0.3) is 0 Å². The maximum absolute atomic E-state index is 13.5. The van der Waals surface area contributed by atoms with Crippen LogP contribution in [0.3, 0.4) is 0 Å². The number of amidine groups is 1. The Morgan fingerprint density at radius 2 is 1.79 bits per heavy atom. The van der Waals surface area contributed by atoms with Crippen molar-refractivity contribution in [1.29, 1.82) is 0 Å². The summed E-state index contributed by atoms with van der Waals surface area (Å²) in [5.74, 6) is -0.311. The Balaban J connectivity index is 2.08. The maximum Gasteiger partial charge on any atom is 0.416 e. The Hall–Kier alpha value is -2.12. The maximum atomic E-state index is 13.5. The van der Waals surface area contributed by atoms with Gasteiger partial charge in [-0.15, -0.1) is 0 Å². The molecule has 6 nitrogen and oxygen atoms in total. The lowest BCUT2D eigenvalue weighted by atomic mass is 9.84. The third-order valence-corrected chi connectivity index (χ3v) is 7.08. The minimum absolute atomic E-state index is 0.0183. The summed E-state index contributed by atoms with van der Waals surface area (Å²) in [5.41, 5.74) is -1.32. The van der Waals surface area contributed by atoms with E-state index < -0.39 is 29.3 Å². The van der Waals surface area contributed by atoms with Crippen molar-refractivity contribution in [2.45, 2.75) is 73.2 Å². The monoisotopic (exact) mass is 499 g/mol. The molecule has 1 amide bonds. The molecular formula is C24H33F3N3O3P. The Kier molecular flexibility index (Phi) is 6.88. The number of amides is 1. The molecule has 0 fully saturated rings. The molecule has 1 aromatic carbocycles. The smallest absolute Gasteiger partial charge is 0.416 e. The molecular weight excluding hydrogens is 466 g/mol. The minimum atomic E-state index is -4.62. The molecule has 3 atom stereocenters. The fourth-order valence-corrected chi connectivity index (χ4v) is 5.51. The van der Waals surface area contributed by atoms with E-state index in [4.69, 9.17) is 0 Å². The van der Waals surface area contributed by atoms with Crippen molar-refractivity contribution in [2.24, 2.45) is 15.8 Å². The highest BCUT2D eigenvalue weighted by atomic mass is 31.1. The summed E-state index contributed by atoms with van der Waals surface area (Å²) in [6.45, 7) is 13.8. The molecule has 2 heterocycles. The number of benzene rings is 1. The number of carbonyl (C=O) groups excluding carboxylic acids is 1. The van der Waals surface area contributed by atoms with Gasteiger partial charge in [-0.25, -0.2) is 4.99 Å². The molecule has 0 bridgehead atoms. The lowest BCUT2D eigenvalue weighted by Crippen LogP contribution is -2.45. The summed E-state index contributed by atoms with van der Waals surface area (Å²) < 4.78 is 40.5. The Morgan fingerprint density at radius 1 is 1.18 bits per heavy atom. The molecule has 0 saturated heterocycles. The van der Waals surface area contributed by atoms with Crippen molar-refractivity contribution < 1.29 is 28.2 Å². The Morgan fingerprint density at radius 3 is 2.29 bits per heavy atom. The van der Waals surface area contributed by atoms with Gasteiger partial charge in [-0.3, -0.25) is 4.79 Å². The van der Waals surface area contributed by atoms with E-state index >= 15 is 0 Å². The van der Waals surface area contributed by atoms with Crippen LogP contribution >= 0.6 is 8.73 Å². The molecule has 2 unspecified atom stereocenters. The second-order valence-electron chi connectivity index (χ2n) is 11.1.